The largest absolute Gasteiger partial charge is 0.457 e. The molecule has 0 aliphatic heterocycles. The van der Waals surface area contributed by atoms with Crippen molar-refractivity contribution >= 4 is 28.4 Å². The number of primary amides is 1. The average Bonchev–Trinajstić information content (AvgIpc) is 3.15. The van der Waals surface area contributed by atoms with Crippen LogP contribution in [0.2, 0.25) is 0 Å². The standard InChI is InChI=1S/C19H18N4O3S/c20-18(25)22-16(12-17(24)23-19-21-9-10-27-19)13-5-4-8-15(11-13)26-14-6-2-1-3-7-14/h1-11,16H,12H2,(H3,20,22,25)(H,21,23,24)/t16-/m0/s1. The number of hydrogen-bond donors (Lipinski definition) is 3. The zero-order valence-corrected chi connectivity index (χ0v) is 15.1. The number of carbonyl (C=O) groups is 2. The molecule has 1 aromatic heterocycles. The fraction of sp³-hybridized carbons (Fsp3) is 0.105. The Bertz CT molecular complexity index is 900. The van der Waals surface area contributed by atoms with Crippen LogP contribution in [-0.2, 0) is 4.79 Å². The minimum absolute atomic E-state index is 0.0112. The predicted molar refractivity (Wildman–Crippen MR) is 104 cm³/mol. The number of nitrogens with one attached hydrogen (secondary N) is 2. The van der Waals surface area contributed by atoms with Crippen molar-refractivity contribution in [2.75, 3.05) is 5.32 Å². The molecular formula is C19H18N4O3S. The van der Waals surface area contributed by atoms with E-state index >= 15 is 0 Å². The maximum atomic E-state index is 12.3. The number of urea groups is 1. The smallest absolute Gasteiger partial charge is 0.312 e. The van der Waals surface area contributed by atoms with E-state index in [4.69, 9.17) is 10.5 Å². The third kappa shape index (κ3) is 5.55. The van der Waals surface area contributed by atoms with Crippen LogP contribution in [0.1, 0.15) is 18.0 Å². The van der Waals surface area contributed by atoms with Crippen molar-refractivity contribution in [2.45, 2.75) is 12.5 Å². The Balaban J connectivity index is 1.74. The summed E-state index contributed by atoms with van der Waals surface area (Å²) in [5.74, 6) is 1.00. The maximum absolute atomic E-state index is 12.3. The van der Waals surface area contributed by atoms with Crippen molar-refractivity contribution in [1.82, 2.24) is 10.3 Å². The average molecular weight is 382 g/mol. The van der Waals surface area contributed by atoms with Gasteiger partial charge in [0.25, 0.3) is 0 Å². The first-order chi connectivity index (χ1) is 13.1. The van der Waals surface area contributed by atoms with Crippen LogP contribution >= 0.6 is 11.3 Å². The molecule has 138 valence electrons. The van der Waals surface area contributed by atoms with E-state index in [2.05, 4.69) is 15.6 Å². The summed E-state index contributed by atoms with van der Waals surface area (Å²) in [4.78, 5) is 27.7. The van der Waals surface area contributed by atoms with Crippen molar-refractivity contribution in [1.29, 1.82) is 0 Å². The Morgan fingerprint density at radius 3 is 2.59 bits per heavy atom. The summed E-state index contributed by atoms with van der Waals surface area (Å²) in [7, 11) is 0. The number of amides is 3. The van der Waals surface area contributed by atoms with Crippen molar-refractivity contribution in [3.8, 4) is 11.5 Å². The van der Waals surface area contributed by atoms with Crippen LogP contribution < -0.4 is 21.1 Å². The summed E-state index contributed by atoms with van der Waals surface area (Å²) in [6, 6.07) is 15.2. The quantitative estimate of drug-likeness (QED) is 0.579. The molecule has 0 unspecified atom stereocenters. The normalized spacial score (nSPS) is 11.4. The van der Waals surface area contributed by atoms with Gasteiger partial charge < -0.3 is 21.1 Å². The Hall–Kier alpha value is -3.39. The van der Waals surface area contributed by atoms with E-state index < -0.39 is 12.1 Å². The zero-order chi connectivity index (χ0) is 19.1. The van der Waals surface area contributed by atoms with Crippen LogP contribution in [0.15, 0.2) is 66.2 Å². The Morgan fingerprint density at radius 2 is 1.89 bits per heavy atom. The third-order valence-electron chi connectivity index (χ3n) is 3.62. The third-order valence-corrected chi connectivity index (χ3v) is 4.31. The number of nitrogens with zero attached hydrogens (tertiary/aromatic N) is 1. The molecular weight excluding hydrogens is 364 g/mol. The second-order valence-electron chi connectivity index (χ2n) is 5.64. The van der Waals surface area contributed by atoms with Gasteiger partial charge in [0.05, 0.1) is 12.5 Å². The van der Waals surface area contributed by atoms with Crippen molar-refractivity contribution < 1.29 is 14.3 Å². The van der Waals surface area contributed by atoms with Crippen molar-refractivity contribution in [3.63, 3.8) is 0 Å². The zero-order valence-electron chi connectivity index (χ0n) is 14.3. The van der Waals surface area contributed by atoms with E-state index in [1.807, 2.05) is 30.3 Å². The number of nitrogens with two attached hydrogens (primary N) is 1. The van der Waals surface area contributed by atoms with Crippen LogP contribution in [0.25, 0.3) is 0 Å². The summed E-state index contributed by atoms with van der Waals surface area (Å²) >= 11 is 1.32. The molecule has 0 radical (unpaired) electrons. The molecule has 8 heteroatoms. The first-order valence-electron chi connectivity index (χ1n) is 8.18. The highest BCUT2D eigenvalue weighted by Gasteiger charge is 2.19. The van der Waals surface area contributed by atoms with E-state index in [-0.39, 0.29) is 12.3 Å². The SMILES string of the molecule is NC(=O)N[C@@H](CC(=O)Nc1nccs1)c1cccc(Oc2ccccc2)c1. The van der Waals surface area contributed by atoms with Gasteiger partial charge in [0, 0.05) is 11.6 Å². The maximum Gasteiger partial charge on any atom is 0.312 e. The van der Waals surface area contributed by atoms with Crippen LogP contribution in [0.5, 0.6) is 11.5 Å². The van der Waals surface area contributed by atoms with Crippen LogP contribution in [-0.4, -0.2) is 16.9 Å². The molecule has 2 aromatic carbocycles. The van der Waals surface area contributed by atoms with Gasteiger partial charge in [0.1, 0.15) is 11.5 Å². The van der Waals surface area contributed by atoms with E-state index in [0.29, 0.717) is 22.2 Å². The summed E-state index contributed by atoms with van der Waals surface area (Å²) < 4.78 is 5.81. The number of benzene rings is 2. The summed E-state index contributed by atoms with van der Waals surface area (Å²) in [5.41, 5.74) is 5.99. The van der Waals surface area contributed by atoms with Crippen LogP contribution in [0, 0.1) is 0 Å². The van der Waals surface area contributed by atoms with Crippen molar-refractivity contribution in [2.24, 2.45) is 5.73 Å². The lowest BCUT2D eigenvalue weighted by molar-refractivity contribution is -0.116. The second-order valence-corrected chi connectivity index (χ2v) is 6.53. The highest BCUT2D eigenvalue weighted by Crippen LogP contribution is 2.26. The predicted octanol–water partition coefficient (Wildman–Crippen LogP) is 3.67. The number of anilines is 1. The molecule has 0 saturated carbocycles. The van der Waals surface area contributed by atoms with Gasteiger partial charge in [-0.25, -0.2) is 9.78 Å². The highest BCUT2D eigenvalue weighted by molar-refractivity contribution is 7.13. The lowest BCUT2D eigenvalue weighted by atomic mass is 10.0. The lowest BCUT2D eigenvalue weighted by Crippen LogP contribution is -2.35. The summed E-state index contributed by atoms with van der Waals surface area (Å²) in [6.45, 7) is 0. The van der Waals surface area contributed by atoms with Gasteiger partial charge in [-0.15, -0.1) is 11.3 Å². The minimum Gasteiger partial charge on any atom is -0.457 e. The highest BCUT2D eigenvalue weighted by atomic mass is 32.1. The fourth-order valence-electron chi connectivity index (χ4n) is 2.48. The Morgan fingerprint density at radius 1 is 1.11 bits per heavy atom. The topological polar surface area (TPSA) is 106 Å². The molecule has 4 N–H and O–H groups in total. The number of rotatable bonds is 7. The van der Waals surface area contributed by atoms with Crippen LogP contribution in [0.3, 0.4) is 0 Å². The molecule has 3 aromatic rings. The molecule has 7 nitrogen and oxygen atoms in total. The number of para-hydroxylation sites is 1. The van der Waals surface area contributed by atoms with Crippen LogP contribution in [0.4, 0.5) is 9.93 Å². The first kappa shape index (κ1) is 18.4. The Kier molecular flexibility index (Phi) is 6.01. The Labute approximate surface area is 160 Å². The number of carbonyl (C=O) groups excluding carboxylic acids is 2. The van der Waals surface area contributed by atoms with Gasteiger partial charge in [-0.3, -0.25) is 4.79 Å². The number of aromatic nitrogens is 1. The molecule has 0 spiro atoms. The van der Waals surface area contributed by atoms with Gasteiger partial charge in [-0.05, 0) is 29.8 Å². The lowest BCUT2D eigenvalue weighted by Gasteiger charge is -2.18. The van der Waals surface area contributed by atoms with E-state index in [1.54, 1.807) is 35.8 Å². The van der Waals surface area contributed by atoms with Gasteiger partial charge in [-0.1, -0.05) is 30.3 Å². The first-order valence-corrected chi connectivity index (χ1v) is 9.06. The number of thiazole rings is 1. The molecule has 1 atom stereocenters. The molecule has 0 aliphatic carbocycles. The van der Waals surface area contributed by atoms with Gasteiger partial charge in [0.15, 0.2) is 5.13 Å². The molecule has 1 heterocycles. The van der Waals surface area contributed by atoms with Gasteiger partial charge in [-0.2, -0.15) is 0 Å². The molecule has 0 bridgehead atoms. The molecule has 27 heavy (non-hydrogen) atoms. The number of ether oxygens (including phenoxy) is 1. The summed E-state index contributed by atoms with van der Waals surface area (Å²) in [5, 5.41) is 7.56. The monoisotopic (exact) mass is 382 g/mol. The molecule has 0 fully saturated rings. The van der Waals surface area contributed by atoms with Gasteiger partial charge in [0.2, 0.25) is 5.91 Å². The summed E-state index contributed by atoms with van der Waals surface area (Å²) in [6.07, 6.45) is 1.61. The molecule has 0 saturated heterocycles. The second kappa shape index (κ2) is 8.81. The molecule has 3 amide bonds. The van der Waals surface area contributed by atoms with E-state index in [0.717, 1.165) is 0 Å². The minimum atomic E-state index is -0.712. The molecule has 0 aliphatic rings. The molecule has 3 rings (SSSR count). The fourth-order valence-corrected chi connectivity index (χ4v) is 3.03. The van der Waals surface area contributed by atoms with Gasteiger partial charge >= 0.3 is 6.03 Å². The van der Waals surface area contributed by atoms with E-state index in [1.165, 1.54) is 11.3 Å². The number of hydrogen-bond acceptors (Lipinski definition) is 5. The van der Waals surface area contributed by atoms with E-state index in [9.17, 15) is 9.59 Å². The van der Waals surface area contributed by atoms with Crippen molar-refractivity contribution in [3.05, 3.63) is 71.7 Å².